The Balaban J connectivity index is 1.83. The maximum atomic E-state index is 5.89. The van der Waals surface area contributed by atoms with E-state index in [1.165, 1.54) is 34.6 Å². The fourth-order valence-corrected chi connectivity index (χ4v) is 9.48. The zero-order valence-corrected chi connectivity index (χ0v) is 17.4. The minimum atomic E-state index is -0.0259. The van der Waals surface area contributed by atoms with Crippen molar-refractivity contribution in [2.24, 2.45) is 0 Å². The average Bonchev–Trinajstić information content (AvgIpc) is 2.57. The molecule has 0 saturated carbocycles. The number of hydrogen-bond acceptors (Lipinski definition) is 2. The summed E-state index contributed by atoms with van der Waals surface area (Å²) in [7, 11) is 0. The number of ether oxygens (including phenoxy) is 2. The zero-order valence-electron chi connectivity index (χ0n) is 13.3. The molecule has 1 aromatic rings. The van der Waals surface area contributed by atoms with Crippen molar-refractivity contribution in [2.75, 3.05) is 13.2 Å². The van der Waals surface area contributed by atoms with Crippen LogP contribution >= 0.6 is 0 Å². The van der Waals surface area contributed by atoms with Crippen molar-refractivity contribution < 1.29 is 9.47 Å². The first-order valence-electron chi connectivity index (χ1n) is 8.17. The molecule has 1 aliphatic rings. The first-order chi connectivity index (χ1) is 10.9. The van der Waals surface area contributed by atoms with Gasteiger partial charge in [0.15, 0.2) is 0 Å². The zero-order chi connectivity index (χ0) is 15.5. The average molecular weight is 481 g/mol. The van der Waals surface area contributed by atoms with E-state index < -0.39 is 0 Å². The summed E-state index contributed by atoms with van der Waals surface area (Å²) in [5.41, 5.74) is 0. The van der Waals surface area contributed by atoms with Gasteiger partial charge in [-0.15, -0.1) is 0 Å². The van der Waals surface area contributed by atoms with E-state index in [2.05, 4.69) is 43.3 Å². The first-order valence-corrected chi connectivity index (χ1v) is 12.7. The van der Waals surface area contributed by atoms with Crippen LogP contribution in [-0.2, 0) is 9.47 Å². The molecule has 1 atom stereocenters. The Bertz CT molecular complexity index is 430. The first kappa shape index (κ1) is 18.5. The van der Waals surface area contributed by atoms with Crippen LogP contribution in [0.25, 0.3) is 0 Å². The third kappa shape index (κ3) is 7.64. The summed E-state index contributed by atoms with van der Waals surface area (Å²) in [6.45, 7) is 3.87. The molecule has 0 bridgehead atoms. The predicted molar refractivity (Wildman–Crippen MR) is 94.9 cm³/mol. The van der Waals surface area contributed by atoms with Gasteiger partial charge in [0.2, 0.25) is 0 Å². The molecule has 2 rings (SSSR count). The van der Waals surface area contributed by atoms with Gasteiger partial charge < -0.3 is 0 Å². The third-order valence-corrected chi connectivity index (χ3v) is 10.8. The summed E-state index contributed by atoms with van der Waals surface area (Å²) in [6, 6.07) is 10.9. The van der Waals surface area contributed by atoms with Crippen LogP contribution in [-0.4, -0.2) is 55.4 Å². The Hall–Kier alpha value is 0.189. The van der Waals surface area contributed by atoms with Crippen molar-refractivity contribution >= 4 is 40.3 Å². The molecule has 0 aromatic heterocycles. The van der Waals surface area contributed by atoms with Gasteiger partial charge in [-0.3, -0.25) is 0 Å². The summed E-state index contributed by atoms with van der Waals surface area (Å²) in [5, 5.41) is 0. The van der Waals surface area contributed by atoms with Crippen LogP contribution in [0.2, 0.25) is 4.47 Å². The van der Waals surface area contributed by atoms with Gasteiger partial charge in [-0.1, -0.05) is 0 Å². The Morgan fingerprint density at radius 3 is 2.95 bits per heavy atom. The summed E-state index contributed by atoms with van der Waals surface area (Å²) < 4.78 is 16.1. The molecule has 1 aliphatic heterocycles. The van der Waals surface area contributed by atoms with Crippen LogP contribution in [0.15, 0.2) is 38.9 Å². The van der Waals surface area contributed by atoms with Gasteiger partial charge in [0.1, 0.15) is 0 Å². The van der Waals surface area contributed by atoms with Crippen molar-refractivity contribution in [3.05, 3.63) is 38.9 Å². The maximum absolute atomic E-state index is 5.89. The minimum absolute atomic E-state index is 0.0259. The second-order valence-electron chi connectivity index (χ2n) is 5.27. The molecule has 1 unspecified atom stereocenters. The topological polar surface area (TPSA) is 18.5 Å². The van der Waals surface area contributed by atoms with Crippen LogP contribution in [0.1, 0.15) is 39.0 Å². The van der Waals surface area contributed by atoms with Crippen molar-refractivity contribution in [3.63, 3.8) is 0 Å². The van der Waals surface area contributed by atoms with Crippen LogP contribution in [0, 0.1) is 0 Å². The fraction of sp³-hybridized carbons (Fsp3) is 0.556. The molecule has 0 N–H and O–H groups in total. The molecule has 2 nitrogen and oxygen atoms in total. The number of unbranched alkanes of at least 4 members (excludes halogenated alkanes) is 1. The van der Waals surface area contributed by atoms with E-state index in [4.69, 9.17) is 9.47 Å². The summed E-state index contributed by atoms with van der Waals surface area (Å²) in [4.78, 5) is 0. The van der Waals surface area contributed by atoms with Gasteiger partial charge >= 0.3 is 152 Å². The van der Waals surface area contributed by atoms with Crippen LogP contribution in [0.4, 0.5) is 0 Å². The number of hydrogen-bond donors (Lipinski definition) is 0. The van der Waals surface area contributed by atoms with E-state index in [0.717, 1.165) is 19.6 Å². The van der Waals surface area contributed by atoms with Gasteiger partial charge in [-0.25, -0.2) is 0 Å². The molecule has 1 heterocycles. The van der Waals surface area contributed by atoms with Crippen LogP contribution in [0.5, 0.6) is 0 Å². The summed E-state index contributed by atoms with van der Waals surface area (Å²) in [5.74, 6) is 0. The Morgan fingerprint density at radius 1 is 1.36 bits per heavy atom. The van der Waals surface area contributed by atoms with Crippen molar-refractivity contribution in [3.8, 4) is 0 Å². The van der Waals surface area contributed by atoms with Crippen LogP contribution < -0.4 is 4.46 Å². The van der Waals surface area contributed by atoms with E-state index in [1.54, 1.807) is 2.52 Å². The number of rotatable bonds is 9. The third-order valence-electron chi connectivity index (χ3n) is 3.37. The molecule has 0 radical (unpaired) electrons. The van der Waals surface area contributed by atoms with Crippen molar-refractivity contribution in [1.29, 1.82) is 0 Å². The predicted octanol–water partition coefficient (Wildman–Crippen LogP) is 3.32. The SMILES string of the molecule is CCCC[Te]/C(=C\COC1CCCCO1)[Se]c1ccccc1. The molecule has 1 fully saturated rings. The van der Waals surface area contributed by atoms with Gasteiger partial charge in [0.05, 0.1) is 0 Å². The van der Waals surface area contributed by atoms with Gasteiger partial charge in [-0.05, 0) is 0 Å². The van der Waals surface area contributed by atoms with E-state index in [0.29, 0.717) is 15.0 Å². The number of benzene rings is 1. The van der Waals surface area contributed by atoms with E-state index in [9.17, 15) is 0 Å². The Morgan fingerprint density at radius 2 is 2.23 bits per heavy atom. The molecule has 122 valence electrons. The van der Waals surface area contributed by atoms with E-state index in [1.807, 2.05) is 0 Å². The van der Waals surface area contributed by atoms with Gasteiger partial charge in [0.25, 0.3) is 0 Å². The van der Waals surface area contributed by atoms with E-state index >= 15 is 0 Å². The molecular formula is C18H26O2SeTe. The Labute approximate surface area is 151 Å². The molecule has 0 aliphatic carbocycles. The summed E-state index contributed by atoms with van der Waals surface area (Å²) in [6.07, 6.45) is 8.55. The van der Waals surface area contributed by atoms with Gasteiger partial charge in [0, 0.05) is 0 Å². The normalized spacial score (nSPS) is 19.3. The molecule has 22 heavy (non-hydrogen) atoms. The quantitative estimate of drug-likeness (QED) is 0.399. The van der Waals surface area contributed by atoms with Crippen LogP contribution in [0.3, 0.4) is 0 Å². The fourth-order valence-electron chi connectivity index (χ4n) is 2.12. The second kappa shape index (κ2) is 11.7. The molecule has 4 heteroatoms. The second-order valence-corrected chi connectivity index (χ2v) is 12.7. The van der Waals surface area contributed by atoms with Crippen molar-refractivity contribution in [2.45, 2.75) is 49.8 Å². The summed E-state index contributed by atoms with van der Waals surface area (Å²) >= 11 is 0.454. The van der Waals surface area contributed by atoms with Gasteiger partial charge in [-0.2, -0.15) is 0 Å². The molecule has 0 amide bonds. The molecule has 1 saturated heterocycles. The molecule has 1 aromatic carbocycles. The molecular weight excluding hydrogens is 455 g/mol. The molecule has 0 spiro atoms. The monoisotopic (exact) mass is 484 g/mol. The van der Waals surface area contributed by atoms with E-state index in [-0.39, 0.29) is 27.2 Å². The standard InChI is InChI=1S/C18H26O2SeTe/c1-2-3-15-22-18(21-16-9-5-4-6-10-16)12-14-20-17-11-7-8-13-19-17/h4-6,9-10,12,17H,2-3,7-8,11,13-15H2,1H3/b18-12-. The Kier molecular flexibility index (Phi) is 9.84. The van der Waals surface area contributed by atoms with Crippen molar-refractivity contribution in [1.82, 2.24) is 0 Å².